The molecule has 1 aliphatic rings. The van der Waals surface area contributed by atoms with Crippen LogP contribution < -0.4 is 5.73 Å². The maximum absolute atomic E-state index is 11.1. The summed E-state index contributed by atoms with van der Waals surface area (Å²) in [5.74, 6) is 0.182. The smallest absolute Gasteiger partial charge is 0.405 e. The number of rotatable bonds is 8. The molecule has 0 spiro atoms. The topological polar surface area (TPSA) is 105 Å². The minimum absolute atomic E-state index is 0.000661. The molecule has 8 heteroatoms. The van der Waals surface area contributed by atoms with Gasteiger partial charge in [-0.25, -0.2) is 13.2 Å². The molecule has 1 amide bonds. The highest BCUT2D eigenvalue weighted by Gasteiger charge is 2.33. The zero-order valence-electron chi connectivity index (χ0n) is 13.5. The van der Waals surface area contributed by atoms with Crippen LogP contribution in [0.25, 0.3) is 0 Å². The zero-order chi connectivity index (χ0) is 16.8. The van der Waals surface area contributed by atoms with Crippen molar-refractivity contribution >= 4 is 15.9 Å². The number of nitrogens with two attached hydrogens (primary N) is 1. The van der Waals surface area contributed by atoms with Crippen LogP contribution in [-0.4, -0.2) is 58.0 Å². The maximum Gasteiger partial charge on any atom is 0.405 e. The molecule has 0 saturated carbocycles. The average Bonchev–Trinajstić information content (AvgIpc) is 2.33. The van der Waals surface area contributed by atoms with Gasteiger partial charge in [0.2, 0.25) is 0 Å². The van der Waals surface area contributed by atoms with E-state index >= 15 is 0 Å². The lowest BCUT2D eigenvalue weighted by atomic mass is 9.84. The lowest BCUT2D eigenvalue weighted by Gasteiger charge is -2.36. The quantitative estimate of drug-likeness (QED) is 0.665. The highest BCUT2D eigenvalue weighted by Crippen LogP contribution is 2.30. The molecule has 0 radical (unpaired) electrons. The lowest BCUT2D eigenvalue weighted by molar-refractivity contribution is -0.0904. The first kappa shape index (κ1) is 19.2. The molecule has 1 fully saturated rings. The first-order valence-electron chi connectivity index (χ1n) is 7.44. The molecule has 1 saturated heterocycles. The van der Waals surface area contributed by atoms with Crippen molar-refractivity contribution in [3.8, 4) is 0 Å². The summed E-state index contributed by atoms with van der Waals surface area (Å²) in [6.45, 7) is 4.79. The molecule has 0 aromatic rings. The Kier molecular flexibility index (Phi) is 7.08. The summed E-state index contributed by atoms with van der Waals surface area (Å²) in [6.07, 6.45) is 2.78. The van der Waals surface area contributed by atoms with Crippen LogP contribution in [-0.2, 0) is 24.0 Å². The minimum atomic E-state index is -3.02. The van der Waals surface area contributed by atoms with Crippen molar-refractivity contribution in [1.82, 2.24) is 0 Å². The first-order chi connectivity index (χ1) is 10.1. The fourth-order valence-electron chi connectivity index (χ4n) is 2.68. The highest BCUT2D eigenvalue weighted by atomic mass is 32.2. The van der Waals surface area contributed by atoms with Gasteiger partial charge in [-0.1, -0.05) is 0 Å². The molecule has 7 nitrogen and oxygen atoms in total. The molecule has 2 atom stereocenters. The monoisotopic (exact) mass is 337 g/mol. The van der Waals surface area contributed by atoms with Gasteiger partial charge in [0.1, 0.15) is 15.4 Å². The third-order valence-electron chi connectivity index (χ3n) is 3.59. The number of primary amides is 1. The molecule has 130 valence electrons. The van der Waals surface area contributed by atoms with E-state index in [4.69, 9.17) is 19.9 Å². The largest absolute Gasteiger partial charge is 0.444 e. The molecule has 0 bridgehead atoms. The normalized spacial score (nSPS) is 23.2. The van der Waals surface area contributed by atoms with Gasteiger partial charge < -0.3 is 19.9 Å². The van der Waals surface area contributed by atoms with Crippen LogP contribution >= 0.6 is 0 Å². The number of amides is 1. The van der Waals surface area contributed by atoms with Gasteiger partial charge >= 0.3 is 6.09 Å². The summed E-state index contributed by atoms with van der Waals surface area (Å²) in [5, 5.41) is 0. The number of hydrogen-bond donors (Lipinski definition) is 1. The number of hydrogen-bond acceptors (Lipinski definition) is 6. The van der Waals surface area contributed by atoms with E-state index in [2.05, 4.69) is 0 Å². The third-order valence-corrected chi connectivity index (χ3v) is 4.50. The average molecular weight is 337 g/mol. The lowest BCUT2D eigenvalue weighted by Crippen LogP contribution is -2.40. The van der Waals surface area contributed by atoms with Gasteiger partial charge in [0.25, 0.3) is 0 Å². The molecular weight excluding hydrogens is 310 g/mol. The fraction of sp³-hybridized carbons (Fsp3) is 0.929. The summed E-state index contributed by atoms with van der Waals surface area (Å²) >= 11 is 0. The Morgan fingerprint density at radius 3 is 2.68 bits per heavy atom. The summed E-state index contributed by atoms with van der Waals surface area (Å²) in [4.78, 5) is 10.9. The van der Waals surface area contributed by atoms with Crippen LogP contribution in [0.3, 0.4) is 0 Å². The highest BCUT2D eigenvalue weighted by molar-refractivity contribution is 7.90. The molecular formula is C14H27NO6S. The predicted octanol–water partition coefficient (Wildman–Crippen LogP) is 1.11. The van der Waals surface area contributed by atoms with Crippen molar-refractivity contribution in [3.05, 3.63) is 0 Å². The standard InChI is InChI=1S/C14H27NO6S/c1-14(2,21-13(15)16)9-11-5-4-6-20-12(11)10-19-7-8-22(3,17)18/h11-12H,4-10H2,1-3H3,(H2,15,16). The summed E-state index contributed by atoms with van der Waals surface area (Å²) in [6, 6.07) is 0. The molecule has 0 aromatic heterocycles. The molecule has 2 N–H and O–H groups in total. The zero-order valence-corrected chi connectivity index (χ0v) is 14.4. The third kappa shape index (κ3) is 7.95. The van der Waals surface area contributed by atoms with Crippen molar-refractivity contribution in [2.45, 2.75) is 44.8 Å². The fourth-order valence-corrected chi connectivity index (χ4v) is 3.10. The van der Waals surface area contributed by atoms with E-state index in [1.165, 1.54) is 6.26 Å². The Morgan fingerprint density at radius 2 is 2.09 bits per heavy atom. The molecule has 22 heavy (non-hydrogen) atoms. The molecule has 2 unspecified atom stereocenters. The van der Waals surface area contributed by atoms with Gasteiger partial charge in [-0.2, -0.15) is 0 Å². The Bertz CT molecular complexity index is 462. The summed E-state index contributed by atoms with van der Waals surface area (Å²) in [7, 11) is -3.02. The van der Waals surface area contributed by atoms with Crippen LogP contribution in [0.2, 0.25) is 0 Å². The molecule has 1 rings (SSSR count). The van der Waals surface area contributed by atoms with Crippen molar-refractivity contribution in [2.24, 2.45) is 11.7 Å². The Labute approximate surface area is 132 Å². The second kappa shape index (κ2) is 8.12. The molecule has 1 aliphatic heterocycles. The SMILES string of the molecule is CC(C)(CC1CCCOC1COCCS(C)(=O)=O)OC(N)=O. The van der Waals surface area contributed by atoms with Gasteiger partial charge in [0.05, 0.1) is 25.1 Å². The molecule has 0 aromatic carbocycles. The summed E-state index contributed by atoms with van der Waals surface area (Å²) in [5.41, 5.74) is 4.42. The van der Waals surface area contributed by atoms with Crippen LogP contribution in [0.1, 0.15) is 33.1 Å². The van der Waals surface area contributed by atoms with Crippen molar-refractivity contribution in [1.29, 1.82) is 0 Å². The molecule has 1 heterocycles. The van der Waals surface area contributed by atoms with Gasteiger partial charge in [-0.15, -0.1) is 0 Å². The Morgan fingerprint density at radius 1 is 1.41 bits per heavy atom. The number of ether oxygens (including phenoxy) is 3. The second-order valence-corrected chi connectivity index (χ2v) is 8.66. The van der Waals surface area contributed by atoms with E-state index in [9.17, 15) is 13.2 Å². The number of carbonyl (C=O) groups is 1. The predicted molar refractivity (Wildman–Crippen MR) is 82.4 cm³/mol. The first-order valence-corrected chi connectivity index (χ1v) is 9.51. The van der Waals surface area contributed by atoms with Crippen molar-refractivity contribution < 1.29 is 27.4 Å². The molecule has 0 aliphatic carbocycles. The van der Waals surface area contributed by atoms with Crippen LogP contribution in [0.4, 0.5) is 4.79 Å². The van der Waals surface area contributed by atoms with E-state index in [0.717, 1.165) is 12.8 Å². The van der Waals surface area contributed by atoms with Crippen molar-refractivity contribution in [3.63, 3.8) is 0 Å². The Balaban J connectivity index is 2.47. The van der Waals surface area contributed by atoms with Crippen LogP contribution in [0.5, 0.6) is 0 Å². The van der Waals surface area contributed by atoms with Crippen LogP contribution in [0.15, 0.2) is 0 Å². The van der Waals surface area contributed by atoms with Crippen LogP contribution in [0, 0.1) is 5.92 Å². The Hall–Kier alpha value is -0.860. The van der Waals surface area contributed by atoms with E-state index in [1.54, 1.807) is 0 Å². The van der Waals surface area contributed by atoms with Gasteiger partial charge in [0.15, 0.2) is 0 Å². The van der Waals surface area contributed by atoms with E-state index in [0.29, 0.717) is 19.6 Å². The van der Waals surface area contributed by atoms with E-state index in [-0.39, 0.29) is 24.4 Å². The summed E-state index contributed by atoms with van der Waals surface area (Å²) < 4.78 is 38.4. The maximum atomic E-state index is 11.1. The number of carbonyl (C=O) groups excluding carboxylic acids is 1. The van der Waals surface area contributed by atoms with Gasteiger partial charge in [0, 0.05) is 12.9 Å². The minimum Gasteiger partial charge on any atom is -0.444 e. The van der Waals surface area contributed by atoms with Crippen molar-refractivity contribution in [2.75, 3.05) is 31.8 Å². The second-order valence-electron chi connectivity index (χ2n) is 6.40. The van der Waals surface area contributed by atoms with Gasteiger partial charge in [-0.3, -0.25) is 0 Å². The van der Waals surface area contributed by atoms with Gasteiger partial charge in [-0.05, 0) is 39.0 Å². The van der Waals surface area contributed by atoms with E-state index < -0.39 is 21.5 Å². The van der Waals surface area contributed by atoms with E-state index in [1.807, 2.05) is 13.8 Å². The number of sulfone groups is 1.